The van der Waals surface area contributed by atoms with Gasteiger partial charge < -0.3 is 10.1 Å². The van der Waals surface area contributed by atoms with Crippen LogP contribution in [-0.4, -0.2) is 12.0 Å². The van der Waals surface area contributed by atoms with Crippen LogP contribution in [0.3, 0.4) is 0 Å². The molecule has 0 spiro atoms. The number of anilines is 1. The number of hydrogen-bond donors (Lipinski definition) is 1. The Morgan fingerprint density at radius 3 is 2.43 bits per heavy atom. The molecule has 0 radical (unpaired) electrons. The fourth-order valence-electron chi connectivity index (χ4n) is 1.79. The van der Waals surface area contributed by atoms with Gasteiger partial charge in [-0.1, -0.05) is 23.8 Å². The second-order valence-corrected chi connectivity index (χ2v) is 5.03. The maximum atomic E-state index is 13.4. The number of hydrogen-bond acceptors (Lipinski definition) is 2. The molecule has 0 aliphatic rings. The van der Waals surface area contributed by atoms with Crippen molar-refractivity contribution in [1.29, 1.82) is 0 Å². The highest BCUT2D eigenvalue weighted by Gasteiger charge is 2.15. The summed E-state index contributed by atoms with van der Waals surface area (Å²) in [6.07, 6.45) is -0.669. The van der Waals surface area contributed by atoms with Crippen molar-refractivity contribution in [2.24, 2.45) is 0 Å². The average molecular weight is 287 g/mol. The first-order valence-electron chi connectivity index (χ1n) is 6.76. The summed E-state index contributed by atoms with van der Waals surface area (Å²) in [6, 6.07) is 12.0. The fourth-order valence-corrected chi connectivity index (χ4v) is 1.79. The lowest BCUT2D eigenvalue weighted by Gasteiger charge is -2.15. The van der Waals surface area contributed by atoms with E-state index < -0.39 is 6.10 Å². The topological polar surface area (TPSA) is 38.3 Å². The highest BCUT2D eigenvalue weighted by atomic mass is 19.1. The molecule has 3 nitrogen and oxygen atoms in total. The van der Waals surface area contributed by atoms with Gasteiger partial charge in [0, 0.05) is 5.69 Å². The van der Waals surface area contributed by atoms with E-state index in [1.807, 2.05) is 31.2 Å². The quantitative estimate of drug-likeness (QED) is 0.927. The van der Waals surface area contributed by atoms with Gasteiger partial charge in [0.05, 0.1) is 0 Å². The van der Waals surface area contributed by atoms with Crippen LogP contribution in [0.1, 0.15) is 18.1 Å². The normalized spacial score (nSPS) is 11.8. The zero-order chi connectivity index (χ0) is 15.4. The van der Waals surface area contributed by atoms with E-state index in [1.165, 1.54) is 6.07 Å². The highest BCUT2D eigenvalue weighted by molar-refractivity contribution is 5.94. The van der Waals surface area contributed by atoms with E-state index in [0.29, 0.717) is 17.0 Å². The molecule has 0 saturated heterocycles. The molecule has 0 aliphatic carbocycles. The van der Waals surface area contributed by atoms with Crippen molar-refractivity contribution in [3.8, 4) is 5.75 Å². The monoisotopic (exact) mass is 287 g/mol. The maximum Gasteiger partial charge on any atom is 0.265 e. The molecule has 0 saturated carbocycles. The molecule has 1 atom stereocenters. The van der Waals surface area contributed by atoms with Crippen molar-refractivity contribution in [3.05, 3.63) is 59.4 Å². The number of nitrogens with one attached hydrogen (secondary N) is 1. The number of carbonyl (C=O) groups excluding carboxylic acids is 1. The highest BCUT2D eigenvalue weighted by Crippen LogP contribution is 2.16. The molecule has 2 rings (SSSR count). The third kappa shape index (κ3) is 4.05. The number of carbonyl (C=O) groups is 1. The van der Waals surface area contributed by atoms with Gasteiger partial charge in [-0.05, 0) is 50.6 Å². The standard InChI is InChI=1S/C17H18FNO2/c1-11-4-8-15(9-5-11)21-13(3)17(20)19-14-7-6-12(2)16(18)10-14/h4-10,13H,1-3H3,(H,19,20)/t13-/m1/s1. The molecule has 0 heterocycles. The second kappa shape index (κ2) is 6.39. The van der Waals surface area contributed by atoms with Crippen molar-refractivity contribution in [2.75, 3.05) is 5.32 Å². The van der Waals surface area contributed by atoms with Gasteiger partial charge in [0.1, 0.15) is 11.6 Å². The number of halogens is 1. The smallest absolute Gasteiger partial charge is 0.265 e. The minimum absolute atomic E-state index is 0.321. The first-order valence-corrected chi connectivity index (χ1v) is 6.76. The molecule has 0 bridgehead atoms. The first-order chi connectivity index (χ1) is 9.95. The SMILES string of the molecule is Cc1ccc(O[C@H](C)C(=O)Nc2ccc(C)c(F)c2)cc1. The molecular weight excluding hydrogens is 269 g/mol. The average Bonchev–Trinajstić information content (AvgIpc) is 2.45. The van der Waals surface area contributed by atoms with E-state index in [0.717, 1.165) is 5.56 Å². The fraction of sp³-hybridized carbons (Fsp3) is 0.235. The first kappa shape index (κ1) is 15.0. The lowest BCUT2D eigenvalue weighted by atomic mass is 10.2. The zero-order valence-corrected chi connectivity index (χ0v) is 12.3. The Morgan fingerprint density at radius 1 is 1.14 bits per heavy atom. The van der Waals surface area contributed by atoms with Crippen LogP contribution in [0.15, 0.2) is 42.5 Å². The van der Waals surface area contributed by atoms with Crippen molar-refractivity contribution in [1.82, 2.24) is 0 Å². The summed E-state index contributed by atoms with van der Waals surface area (Å²) in [5, 5.41) is 2.64. The largest absolute Gasteiger partial charge is 0.481 e. The summed E-state index contributed by atoms with van der Waals surface area (Å²) in [5.74, 6) is -0.0444. The maximum absolute atomic E-state index is 13.4. The van der Waals surface area contributed by atoms with Crippen LogP contribution in [0, 0.1) is 19.7 Å². The molecule has 0 fully saturated rings. The lowest BCUT2D eigenvalue weighted by Crippen LogP contribution is -2.30. The minimum Gasteiger partial charge on any atom is -0.481 e. The molecule has 0 aromatic heterocycles. The summed E-state index contributed by atoms with van der Waals surface area (Å²) in [5.41, 5.74) is 2.08. The van der Waals surface area contributed by atoms with Gasteiger partial charge in [0.2, 0.25) is 0 Å². The number of benzene rings is 2. The molecule has 2 aromatic carbocycles. The van der Waals surface area contributed by atoms with Gasteiger partial charge in [-0.2, -0.15) is 0 Å². The predicted molar refractivity (Wildman–Crippen MR) is 81.0 cm³/mol. The Balaban J connectivity index is 1.98. The van der Waals surface area contributed by atoms with Gasteiger partial charge >= 0.3 is 0 Å². The summed E-state index contributed by atoms with van der Waals surface area (Å²) in [7, 11) is 0. The van der Waals surface area contributed by atoms with E-state index in [2.05, 4.69) is 5.32 Å². The van der Waals surface area contributed by atoms with Crippen LogP contribution in [0.25, 0.3) is 0 Å². The van der Waals surface area contributed by atoms with Gasteiger partial charge in [0.15, 0.2) is 6.10 Å². The summed E-state index contributed by atoms with van der Waals surface area (Å²) in [6.45, 7) is 5.30. The molecule has 4 heteroatoms. The van der Waals surface area contributed by atoms with Gasteiger partial charge in [-0.15, -0.1) is 0 Å². The molecule has 21 heavy (non-hydrogen) atoms. The number of ether oxygens (including phenoxy) is 1. The third-order valence-electron chi connectivity index (χ3n) is 3.14. The summed E-state index contributed by atoms with van der Waals surface area (Å²) >= 11 is 0. The Hall–Kier alpha value is -2.36. The van der Waals surface area contributed by atoms with Crippen LogP contribution in [0.4, 0.5) is 10.1 Å². The third-order valence-corrected chi connectivity index (χ3v) is 3.14. The van der Waals surface area contributed by atoms with E-state index in [1.54, 1.807) is 26.0 Å². The van der Waals surface area contributed by atoms with Crippen LogP contribution in [0.2, 0.25) is 0 Å². The Bertz CT molecular complexity index is 638. The van der Waals surface area contributed by atoms with E-state index >= 15 is 0 Å². The van der Waals surface area contributed by atoms with Crippen LogP contribution in [0.5, 0.6) is 5.75 Å². The van der Waals surface area contributed by atoms with E-state index in [4.69, 9.17) is 4.74 Å². The van der Waals surface area contributed by atoms with Gasteiger partial charge in [0.25, 0.3) is 5.91 Å². The number of aryl methyl sites for hydroxylation is 2. The summed E-state index contributed by atoms with van der Waals surface area (Å²) in [4.78, 5) is 12.0. The van der Waals surface area contributed by atoms with Crippen LogP contribution < -0.4 is 10.1 Å². The number of amides is 1. The van der Waals surface area contributed by atoms with Crippen molar-refractivity contribution >= 4 is 11.6 Å². The lowest BCUT2D eigenvalue weighted by molar-refractivity contribution is -0.122. The minimum atomic E-state index is -0.669. The summed E-state index contributed by atoms with van der Waals surface area (Å²) < 4.78 is 19.0. The predicted octanol–water partition coefficient (Wildman–Crippen LogP) is 3.85. The second-order valence-electron chi connectivity index (χ2n) is 5.03. The molecule has 0 unspecified atom stereocenters. The Morgan fingerprint density at radius 2 is 1.81 bits per heavy atom. The zero-order valence-electron chi connectivity index (χ0n) is 12.3. The molecule has 2 aromatic rings. The van der Waals surface area contributed by atoms with Crippen LogP contribution >= 0.6 is 0 Å². The van der Waals surface area contributed by atoms with Crippen molar-refractivity contribution in [2.45, 2.75) is 26.9 Å². The molecular formula is C17H18FNO2. The van der Waals surface area contributed by atoms with Gasteiger partial charge in [-0.3, -0.25) is 4.79 Å². The van der Waals surface area contributed by atoms with E-state index in [-0.39, 0.29) is 11.7 Å². The molecule has 110 valence electrons. The Labute approximate surface area is 123 Å². The van der Waals surface area contributed by atoms with Crippen molar-refractivity contribution < 1.29 is 13.9 Å². The van der Waals surface area contributed by atoms with E-state index in [9.17, 15) is 9.18 Å². The van der Waals surface area contributed by atoms with Crippen molar-refractivity contribution in [3.63, 3.8) is 0 Å². The molecule has 1 amide bonds. The molecule has 0 aliphatic heterocycles. The molecule has 1 N–H and O–H groups in total. The van der Waals surface area contributed by atoms with Crippen LogP contribution in [-0.2, 0) is 4.79 Å². The Kier molecular flexibility index (Phi) is 4.58. The number of rotatable bonds is 4. The van der Waals surface area contributed by atoms with Gasteiger partial charge in [-0.25, -0.2) is 4.39 Å².